The van der Waals surface area contributed by atoms with E-state index in [9.17, 15) is 5.11 Å². The molecule has 110 valence electrons. The number of anilines is 1. The fourth-order valence-corrected chi connectivity index (χ4v) is 4.85. The van der Waals surface area contributed by atoms with Gasteiger partial charge in [0.15, 0.2) is 0 Å². The molecule has 1 N–H and O–H groups in total. The van der Waals surface area contributed by atoms with Crippen LogP contribution in [0.4, 0.5) is 5.69 Å². The second kappa shape index (κ2) is 5.69. The van der Waals surface area contributed by atoms with Crippen molar-refractivity contribution in [2.24, 2.45) is 17.8 Å². The molecule has 4 atom stereocenters. The summed E-state index contributed by atoms with van der Waals surface area (Å²) in [6.07, 6.45) is 5.41. The zero-order chi connectivity index (χ0) is 14.3. The molecule has 2 nitrogen and oxygen atoms in total. The van der Waals surface area contributed by atoms with Crippen LogP contribution < -0.4 is 4.90 Å². The van der Waals surface area contributed by atoms with Crippen molar-refractivity contribution in [1.29, 1.82) is 0 Å². The molecule has 1 aromatic carbocycles. The normalized spacial score (nSPS) is 29.7. The minimum absolute atomic E-state index is 0.422. The summed E-state index contributed by atoms with van der Waals surface area (Å²) in [5.41, 5.74) is 2.20. The summed E-state index contributed by atoms with van der Waals surface area (Å²) >= 11 is 3.57. The average molecular weight is 338 g/mol. The summed E-state index contributed by atoms with van der Waals surface area (Å²) in [7, 11) is 2.19. The van der Waals surface area contributed by atoms with Crippen LogP contribution in [0.2, 0.25) is 0 Å². The highest BCUT2D eigenvalue weighted by Gasteiger charge is 2.39. The number of benzene rings is 1. The lowest BCUT2D eigenvalue weighted by Crippen LogP contribution is -2.28. The van der Waals surface area contributed by atoms with Crippen LogP contribution in [0.15, 0.2) is 22.7 Å². The average Bonchev–Trinajstić information content (AvgIpc) is 3.00. The smallest absolute Gasteiger partial charge is 0.0772 e. The van der Waals surface area contributed by atoms with Crippen LogP contribution in [0.5, 0.6) is 0 Å². The van der Waals surface area contributed by atoms with Crippen LogP contribution in [-0.4, -0.2) is 18.7 Å². The molecule has 2 aliphatic carbocycles. The number of hydrogen-bond donors (Lipinski definition) is 1. The Hall–Kier alpha value is -0.540. The summed E-state index contributed by atoms with van der Waals surface area (Å²) in [6, 6.07) is 6.29. The van der Waals surface area contributed by atoms with Crippen LogP contribution in [0.25, 0.3) is 0 Å². The molecule has 2 saturated carbocycles. The number of halogens is 1. The van der Waals surface area contributed by atoms with Gasteiger partial charge < -0.3 is 10.0 Å². The van der Waals surface area contributed by atoms with Crippen LogP contribution >= 0.6 is 15.9 Å². The number of nitrogens with zero attached hydrogens (tertiary/aromatic N) is 1. The van der Waals surface area contributed by atoms with E-state index in [4.69, 9.17) is 0 Å². The van der Waals surface area contributed by atoms with Gasteiger partial charge in [-0.05, 0) is 61.6 Å². The first-order valence-electron chi connectivity index (χ1n) is 7.73. The summed E-state index contributed by atoms with van der Waals surface area (Å²) < 4.78 is 1.00. The molecule has 2 bridgehead atoms. The summed E-state index contributed by atoms with van der Waals surface area (Å²) in [5, 5.41) is 9.69. The third-order valence-electron chi connectivity index (χ3n) is 5.27. The van der Waals surface area contributed by atoms with E-state index in [1.54, 1.807) is 6.92 Å². The maximum Gasteiger partial charge on any atom is 0.0772 e. The Kier molecular flexibility index (Phi) is 4.09. The number of fused-ring (bicyclic) bond motifs is 2. The largest absolute Gasteiger partial charge is 0.389 e. The van der Waals surface area contributed by atoms with E-state index >= 15 is 0 Å². The first-order chi connectivity index (χ1) is 9.54. The SMILES string of the molecule is C[C@@H](O)c1ccc(N(C)CC2CC3CCC2C3)cc1Br. The number of hydrogen-bond acceptors (Lipinski definition) is 2. The van der Waals surface area contributed by atoms with Crippen molar-refractivity contribution in [3.8, 4) is 0 Å². The van der Waals surface area contributed by atoms with Crippen molar-refractivity contribution in [2.75, 3.05) is 18.5 Å². The molecule has 0 radical (unpaired) electrons. The van der Waals surface area contributed by atoms with Crippen molar-refractivity contribution in [1.82, 2.24) is 0 Å². The minimum atomic E-state index is -0.422. The Balaban J connectivity index is 1.68. The maximum atomic E-state index is 9.69. The van der Waals surface area contributed by atoms with Crippen LogP contribution in [0, 0.1) is 17.8 Å². The molecule has 0 amide bonds. The van der Waals surface area contributed by atoms with Gasteiger partial charge in [-0.15, -0.1) is 0 Å². The van der Waals surface area contributed by atoms with Crippen molar-refractivity contribution < 1.29 is 5.11 Å². The standard InChI is InChI=1S/C17H24BrNO/c1-11(20)16-6-5-15(9-17(16)18)19(2)10-14-8-12-3-4-13(14)7-12/h5-6,9,11-14,20H,3-4,7-8,10H2,1-2H3/t11-,12?,13?,14?/m1/s1. The van der Waals surface area contributed by atoms with Gasteiger partial charge in [-0.25, -0.2) is 0 Å². The van der Waals surface area contributed by atoms with E-state index in [0.29, 0.717) is 0 Å². The molecule has 3 heteroatoms. The number of aliphatic hydroxyl groups is 1. The molecule has 3 rings (SSSR count). The van der Waals surface area contributed by atoms with E-state index < -0.39 is 6.10 Å². The first kappa shape index (κ1) is 14.4. The molecule has 0 heterocycles. The highest BCUT2D eigenvalue weighted by atomic mass is 79.9. The van der Waals surface area contributed by atoms with Crippen molar-refractivity contribution in [2.45, 2.75) is 38.7 Å². The molecule has 3 unspecified atom stereocenters. The molecule has 0 spiro atoms. The van der Waals surface area contributed by atoms with Crippen LogP contribution in [0.3, 0.4) is 0 Å². The van der Waals surface area contributed by atoms with Crippen molar-refractivity contribution in [3.63, 3.8) is 0 Å². The zero-order valence-corrected chi connectivity index (χ0v) is 13.9. The monoisotopic (exact) mass is 337 g/mol. The lowest BCUT2D eigenvalue weighted by Gasteiger charge is -2.29. The van der Waals surface area contributed by atoms with Gasteiger partial charge in [0.2, 0.25) is 0 Å². The van der Waals surface area contributed by atoms with Gasteiger partial charge in [0.1, 0.15) is 0 Å². The van der Waals surface area contributed by atoms with Crippen LogP contribution in [-0.2, 0) is 0 Å². The molecule has 0 saturated heterocycles. The topological polar surface area (TPSA) is 23.5 Å². The Bertz CT molecular complexity index is 488. The molecule has 1 aromatic rings. The molecular formula is C17H24BrNO. The lowest BCUT2D eigenvalue weighted by atomic mass is 9.88. The Morgan fingerprint density at radius 3 is 2.70 bits per heavy atom. The quantitative estimate of drug-likeness (QED) is 0.881. The van der Waals surface area contributed by atoms with Gasteiger partial charge >= 0.3 is 0 Å². The molecule has 0 aliphatic heterocycles. The molecule has 2 aliphatic rings. The Labute approximate surface area is 130 Å². The van der Waals surface area contributed by atoms with Gasteiger partial charge in [-0.3, -0.25) is 0 Å². The van der Waals surface area contributed by atoms with E-state index in [1.807, 2.05) is 6.07 Å². The number of rotatable bonds is 4. The van der Waals surface area contributed by atoms with E-state index in [2.05, 4.69) is 40.0 Å². The lowest BCUT2D eigenvalue weighted by molar-refractivity contribution is 0.198. The second-order valence-corrected chi connectivity index (χ2v) is 7.55. The number of aliphatic hydroxyl groups excluding tert-OH is 1. The summed E-state index contributed by atoms with van der Waals surface area (Å²) in [4.78, 5) is 2.38. The predicted molar refractivity (Wildman–Crippen MR) is 87.0 cm³/mol. The minimum Gasteiger partial charge on any atom is -0.389 e. The molecule has 0 aromatic heterocycles. The zero-order valence-electron chi connectivity index (χ0n) is 12.3. The van der Waals surface area contributed by atoms with Gasteiger partial charge in [-0.1, -0.05) is 28.4 Å². The van der Waals surface area contributed by atoms with Gasteiger partial charge in [0, 0.05) is 23.8 Å². The van der Waals surface area contributed by atoms with E-state index in [-0.39, 0.29) is 0 Å². The molecule has 2 fully saturated rings. The Morgan fingerprint density at radius 2 is 2.15 bits per heavy atom. The fraction of sp³-hybridized carbons (Fsp3) is 0.647. The second-order valence-electron chi connectivity index (χ2n) is 6.70. The van der Waals surface area contributed by atoms with Crippen molar-refractivity contribution >= 4 is 21.6 Å². The predicted octanol–water partition coefficient (Wildman–Crippen LogP) is 4.37. The third-order valence-corrected chi connectivity index (χ3v) is 5.95. The van der Waals surface area contributed by atoms with Gasteiger partial charge in [-0.2, -0.15) is 0 Å². The highest BCUT2D eigenvalue weighted by Crippen LogP contribution is 2.48. The molecule has 20 heavy (non-hydrogen) atoms. The summed E-state index contributed by atoms with van der Waals surface area (Å²) in [5.74, 6) is 2.87. The van der Waals surface area contributed by atoms with Crippen molar-refractivity contribution in [3.05, 3.63) is 28.2 Å². The molecular weight excluding hydrogens is 314 g/mol. The van der Waals surface area contributed by atoms with Gasteiger partial charge in [0.25, 0.3) is 0 Å². The van der Waals surface area contributed by atoms with E-state index in [1.165, 1.54) is 37.9 Å². The first-order valence-corrected chi connectivity index (χ1v) is 8.52. The van der Waals surface area contributed by atoms with Crippen LogP contribution in [0.1, 0.15) is 44.3 Å². The van der Waals surface area contributed by atoms with E-state index in [0.717, 1.165) is 27.8 Å². The Morgan fingerprint density at radius 1 is 1.35 bits per heavy atom. The summed E-state index contributed by atoms with van der Waals surface area (Å²) in [6.45, 7) is 2.97. The highest BCUT2D eigenvalue weighted by molar-refractivity contribution is 9.10. The van der Waals surface area contributed by atoms with Gasteiger partial charge in [0.05, 0.1) is 6.10 Å². The maximum absolute atomic E-state index is 9.69. The fourth-order valence-electron chi connectivity index (χ4n) is 4.15. The third kappa shape index (κ3) is 2.75.